The minimum atomic E-state index is 0.0543. The number of hydrogen-bond acceptors (Lipinski definition) is 3. The molecule has 0 amide bonds. The highest BCUT2D eigenvalue weighted by molar-refractivity contribution is 4.78. The predicted molar refractivity (Wildman–Crippen MR) is 43.6 cm³/mol. The smallest absolute Gasteiger partial charge is 0.157 e. The molecule has 3 atom stereocenters. The average Bonchev–Trinajstić information content (AvgIpc) is 2.11. The molecule has 3 unspecified atom stereocenters. The van der Waals surface area contributed by atoms with E-state index in [2.05, 4.69) is 0 Å². The van der Waals surface area contributed by atoms with E-state index >= 15 is 0 Å². The molecule has 0 aromatic heterocycles. The maximum Gasteiger partial charge on any atom is 0.157 e. The van der Waals surface area contributed by atoms with Crippen molar-refractivity contribution in [3.05, 3.63) is 0 Å². The van der Waals surface area contributed by atoms with Crippen molar-refractivity contribution in [3.8, 4) is 0 Å². The van der Waals surface area contributed by atoms with Crippen molar-refractivity contribution in [2.24, 2.45) is 11.8 Å². The van der Waals surface area contributed by atoms with E-state index in [0.717, 1.165) is 38.4 Å². The molecule has 2 heterocycles. The zero-order chi connectivity index (χ0) is 8.39. The number of ether oxygens (including phenoxy) is 2. The zero-order valence-corrected chi connectivity index (χ0v) is 7.24. The van der Waals surface area contributed by atoms with Gasteiger partial charge in [0.05, 0.1) is 13.2 Å². The molecule has 2 saturated heterocycles. The van der Waals surface area contributed by atoms with Gasteiger partial charge in [-0.15, -0.1) is 0 Å². The molecule has 0 aliphatic carbocycles. The Labute approximate surface area is 72.7 Å². The highest BCUT2D eigenvalue weighted by Crippen LogP contribution is 2.34. The Morgan fingerprint density at radius 1 is 1.33 bits per heavy atom. The molecule has 0 spiro atoms. The summed E-state index contributed by atoms with van der Waals surface area (Å²) in [6.45, 7) is 1.89. The van der Waals surface area contributed by atoms with Crippen LogP contribution in [0.1, 0.15) is 19.3 Å². The number of aliphatic hydroxyl groups excluding tert-OH is 1. The zero-order valence-electron chi connectivity index (χ0n) is 7.24. The molecule has 2 aliphatic heterocycles. The molecule has 2 bridgehead atoms. The average molecular weight is 172 g/mol. The van der Waals surface area contributed by atoms with E-state index in [1.165, 1.54) is 0 Å². The van der Waals surface area contributed by atoms with Crippen LogP contribution in [-0.4, -0.2) is 31.2 Å². The van der Waals surface area contributed by atoms with Gasteiger partial charge in [0.1, 0.15) is 0 Å². The lowest BCUT2D eigenvalue weighted by atomic mass is 9.82. The summed E-state index contributed by atoms with van der Waals surface area (Å²) in [5.41, 5.74) is 0. The van der Waals surface area contributed by atoms with Crippen LogP contribution < -0.4 is 0 Å². The maximum atomic E-state index is 8.83. The lowest BCUT2D eigenvalue weighted by molar-refractivity contribution is -0.220. The molecule has 2 aliphatic rings. The summed E-state index contributed by atoms with van der Waals surface area (Å²) in [6, 6.07) is 0. The van der Waals surface area contributed by atoms with Gasteiger partial charge in [0.2, 0.25) is 0 Å². The van der Waals surface area contributed by atoms with Gasteiger partial charge in [-0.25, -0.2) is 0 Å². The lowest BCUT2D eigenvalue weighted by Crippen LogP contribution is -2.40. The topological polar surface area (TPSA) is 38.7 Å². The van der Waals surface area contributed by atoms with Gasteiger partial charge < -0.3 is 14.6 Å². The van der Waals surface area contributed by atoms with Gasteiger partial charge in [-0.3, -0.25) is 0 Å². The van der Waals surface area contributed by atoms with Gasteiger partial charge in [0.15, 0.2) is 6.29 Å². The van der Waals surface area contributed by atoms with Crippen molar-refractivity contribution >= 4 is 0 Å². The van der Waals surface area contributed by atoms with Crippen LogP contribution in [0.3, 0.4) is 0 Å². The molecule has 1 N–H and O–H groups in total. The highest BCUT2D eigenvalue weighted by atomic mass is 16.7. The molecule has 2 rings (SSSR count). The van der Waals surface area contributed by atoms with Crippen molar-refractivity contribution in [1.29, 1.82) is 0 Å². The minimum absolute atomic E-state index is 0.0543. The number of fused-ring (bicyclic) bond motifs is 2. The Morgan fingerprint density at radius 2 is 2.25 bits per heavy atom. The Kier molecular flexibility index (Phi) is 2.63. The van der Waals surface area contributed by atoms with Crippen LogP contribution in [-0.2, 0) is 9.47 Å². The van der Waals surface area contributed by atoms with Gasteiger partial charge in [-0.05, 0) is 24.7 Å². The van der Waals surface area contributed by atoms with Gasteiger partial charge in [0, 0.05) is 13.0 Å². The Balaban J connectivity index is 1.90. The molecular formula is C9H16O3. The van der Waals surface area contributed by atoms with E-state index < -0.39 is 0 Å². The molecule has 3 nitrogen and oxygen atoms in total. The second kappa shape index (κ2) is 3.73. The van der Waals surface area contributed by atoms with Crippen LogP contribution in [0.15, 0.2) is 0 Å². The normalized spacial score (nSPS) is 41.2. The predicted octanol–water partition coefficient (Wildman–Crippen LogP) is 0.768. The Bertz CT molecular complexity index is 147. The number of hydrogen-bond donors (Lipinski definition) is 1. The first kappa shape index (κ1) is 8.48. The minimum Gasteiger partial charge on any atom is -0.396 e. The fraction of sp³-hybridized carbons (Fsp3) is 1.00. The van der Waals surface area contributed by atoms with Crippen molar-refractivity contribution in [2.45, 2.75) is 25.6 Å². The van der Waals surface area contributed by atoms with Crippen molar-refractivity contribution in [2.75, 3.05) is 19.8 Å². The van der Waals surface area contributed by atoms with Crippen LogP contribution >= 0.6 is 0 Å². The molecule has 2 fully saturated rings. The van der Waals surface area contributed by atoms with E-state index in [1.807, 2.05) is 0 Å². The van der Waals surface area contributed by atoms with Crippen LogP contribution in [0.4, 0.5) is 0 Å². The van der Waals surface area contributed by atoms with Gasteiger partial charge in [0.25, 0.3) is 0 Å². The van der Waals surface area contributed by atoms with Crippen LogP contribution in [0.25, 0.3) is 0 Å². The second-order valence-corrected chi connectivity index (χ2v) is 3.69. The van der Waals surface area contributed by atoms with Gasteiger partial charge >= 0.3 is 0 Å². The van der Waals surface area contributed by atoms with Crippen molar-refractivity contribution < 1.29 is 14.6 Å². The van der Waals surface area contributed by atoms with E-state index in [9.17, 15) is 0 Å². The van der Waals surface area contributed by atoms with Crippen molar-refractivity contribution in [1.82, 2.24) is 0 Å². The summed E-state index contributed by atoms with van der Waals surface area (Å²) in [5.74, 6) is 1.29. The van der Waals surface area contributed by atoms with Gasteiger partial charge in [-0.1, -0.05) is 0 Å². The third-order valence-electron chi connectivity index (χ3n) is 2.95. The SMILES string of the molecule is OCCC1COC2CC1CCO2. The molecule has 3 heteroatoms. The van der Waals surface area contributed by atoms with E-state index in [-0.39, 0.29) is 12.9 Å². The molecule has 0 radical (unpaired) electrons. The summed E-state index contributed by atoms with van der Waals surface area (Å²) in [7, 11) is 0. The van der Waals surface area contributed by atoms with Crippen LogP contribution in [0.2, 0.25) is 0 Å². The molecule has 12 heavy (non-hydrogen) atoms. The largest absolute Gasteiger partial charge is 0.396 e. The van der Waals surface area contributed by atoms with E-state index in [4.69, 9.17) is 14.6 Å². The Morgan fingerprint density at radius 3 is 3.08 bits per heavy atom. The summed E-state index contributed by atoms with van der Waals surface area (Å²) >= 11 is 0. The molecule has 0 aromatic rings. The van der Waals surface area contributed by atoms with Crippen LogP contribution in [0.5, 0.6) is 0 Å². The lowest BCUT2D eigenvalue weighted by Gasteiger charge is -2.39. The second-order valence-electron chi connectivity index (χ2n) is 3.69. The highest BCUT2D eigenvalue weighted by Gasteiger charge is 2.34. The molecular weight excluding hydrogens is 156 g/mol. The number of aliphatic hydroxyl groups is 1. The van der Waals surface area contributed by atoms with Crippen molar-refractivity contribution in [3.63, 3.8) is 0 Å². The fourth-order valence-electron chi connectivity index (χ4n) is 2.18. The van der Waals surface area contributed by atoms with E-state index in [0.29, 0.717) is 5.92 Å². The Hall–Kier alpha value is -0.120. The molecule has 0 saturated carbocycles. The molecule has 70 valence electrons. The summed E-state index contributed by atoms with van der Waals surface area (Å²) in [5, 5.41) is 8.83. The van der Waals surface area contributed by atoms with Gasteiger partial charge in [-0.2, -0.15) is 0 Å². The van der Waals surface area contributed by atoms with Crippen LogP contribution in [0, 0.1) is 11.8 Å². The summed E-state index contributed by atoms with van der Waals surface area (Å²) < 4.78 is 10.9. The first-order valence-corrected chi connectivity index (χ1v) is 4.74. The third-order valence-corrected chi connectivity index (χ3v) is 2.95. The summed E-state index contributed by atoms with van der Waals surface area (Å²) in [4.78, 5) is 0. The number of rotatable bonds is 2. The maximum absolute atomic E-state index is 8.83. The first-order chi connectivity index (χ1) is 5.90. The summed E-state index contributed by atoms with van der Waals surface area (Å²) in [6.07, 6.45) is 3.12. The molecule has 0 aromatic carbocycles. The third kappa shape index (κ3) is 1.63. The van der Waals surface area contributed by atoms with E-state index in [1.54, 1.807) is 0 Å². The monoisotopic (exact) mass is 172 g/mol. The quantitative estimate of drug-likeness (QED) is 0.668. The first-order valence-electron chi connectivity index (χ1n) is 4.74. The fourth-order valence-corrected chi connectivity index (χ4v) is 2.18. The standard InChI is InChI=1S/C9H16O3/c10-3-1-8-6-12-9-5-7(8)2-4-11-9/h7-10H,1-6H2.